The van der Waals surface area contributed by atoms with Crippen molar-refractivity contribution in [1.82, 2.24) is 3.97 Å². The van der Waals surface area contributed by atoms with Gasteiger partial charge in [-0.1, -0.05) is 33.6 Å². The first-order valence-corrected chi connectivity index (χ1v) is 9.39. The summed E-state index contributed by atoms with van der Waals surface area (Å²) in [4.78, 5) is 12.0. The fourth-order valence-electron chi connectivity index (χ4n) is 2.71. The van der Waals surface area contributed by atoms with E-state index in [0.29, 0.717) is 15.6 Å². The van der Waals surface area contributed by atoms with Crippen LogP contribution in [0.4, 0.5) is 0 Å². The van der Waals surface area contributed by atoms with Crippen molar-refractivity contribution in [1.29, 1.82) is 0 Å². The molecule has 0 bridgehead atoms. The van der Waals surface area contributed by atoms with Crippen LogP contribution in [0.5, 0.6) is 0 Å². The van der Waals surface area contributed by atoms with Gasteiger partial charge in [-0.3, -0.25) is 4.79 Å². The molecule has 0 spiro atoms. The van der Waals surface area contributed by atoms with Crippen molar-refractivity contribution in [3.05, 3.63) is 63.8 Å². The van der Waals surface area contributed by atoms with Gasteiger partial charge in [-0.25, -0.2) is 12.4 Å². The highest BCUT2D eigenvalue weighted by Gasteiger charge is 2.25. The van der Waals surface area contributed by atoms with Gasteiger partial charge in [0.25, 0.3) is 15.9 Å². The third-order valence-electron chi connectivity index (χ3n) is 3.87. The molecule has 0 atom stereocenters. The molecule has 2 aromatic carbocycles. The van der Waals surface area contributed by atoms with Gasteiger partial charge in [0.05, 0.1) is 16.0 Å². The van der Waals surface area contributed by atoms with Crippen LogP contribution < -0.4 is 5.73 Å². The normalized spacial score (nSPS) is 11.8. The zero-order valence-electron chi connectivity index (χ0n) is 13.1. The van der Waals surface area contributed by atoms with Crippen LogP contribution in [0.2, 0.25) is 0 Å². The summed E-state index contributed by atoms with van der Waals surface area (Å²) in [6.07, 6.45) is 0. The summed E-state index contributed by atoms with van der Waals surface area (Å²) in [6.45, 7) is 3.57. The number of carbonyl (C=O) groups is 1. The van der Waals surface area contributed by atoms with Crippen molar-refractivity contribution in [2.24, 2.45) is 5.73 Å². The van der Waals surface area contributed by atoms with Crippen LogP contribution in [0.1, 0.15) is 21.6 Å². The van der Waals surface area contributed by atoms with Crippen molar-refractivity contribution in [2.45, 2.75) is 18.7 Å². The predicted molar refractivity (Wildman–Crippen MR) is 96.7 cm³/mol. The van der Waals surface area contributed by atoms with Crippen molar-refractivity contribution >= 4 is 42.8 Å². The molecule has 0 aliphatic rings. The first-order chi connectivity index (χ1) is 11.2. The van der Waals surface area contributed by atoms with Gasteiger partial charge < -0.3 is 5.73 Å². The van der Waals surface area contributed by atoms with Crippen molar-refractivity contribution in [3.8, 4) is 0 Å². The predicted octanol–water partition coefficient (Wildman–Crippen LogP) is 3.36. The average molecular weight is 407 g/mol. The van der Waals surface area contributed by atoms with Crippen LogP contribution in [0.25, 0.3) is 10.9 Å². The molecule has 3 aromatic rings. The van der Waals surface area contributed by atoms with Crippen LogP contribution in [-0.2, 0) is 10.0 Å². The van der Waals surface area contributed by atoms with Gasteiger partial charge in [-0.05, 0) is 44.2 Å². The van der Waals surface area contributed by atoms with E-state index >= 15 is 0 Å². The standard InChI is InChI=1S/C17H15BrN2O3S/c1-10-3-5-12(6-4-10)24(22,23)20-11(2)9-14-15(18)8-7-13(16(14)20)17(19)21/h3-9H,1-2H3,(H2,19,21). The number of primary amides is 1. The maximum absolute atomic E-state index is 13.1. The number of nitrogens with zero attached hydrogens (tertiary/aromatic N) is 1. The van der Waals surface area contributed by atoms with Gasteiger partial charge in [0, 0.05) is 15.6 Å². The first-order valence-electron chi connectivity index (χ1n) is 7.16. The second-order valence-electron chi connectivity index (χ2n) is 5.59. The molecule has 0 aliphatic carbocycles. The fraction of sp³-hybridized carbons (Fsp3) is 0.118. The molecular formula is C17H15BrN2O3S. The Balaban J connectivity index is 2.41. The van der Waals surface area contributed by atoms with Gasteiger partial charge in [-0.2, -0.15) is 0 Å². The minimum Gasteiger partial charge on any atom is -0.366 e. The number of amides is 1. The highest BCUT2D eigenvalue weighted by molar-refractivity contribution is 9.10. The SMILES string of the molecule is Cc1ccc(S(=O)(=O)n2c(C)cc3c(Br)ccc(C(N)=O)c32)cc1. The molecule has 1 aromatic heterocycles. The molecule has 0 saturated carbocycles. The van der Waals surface area contributed by atoms with E-state index in [4.69, 9.17) is 5.73 Å². The Labute approximate surface area is 148 Å². The number of benzene rings is 2. The molecule has 1 amide bonds. The van der Waals surface area contributed by atoms with Crippen molar-refractivity contribution in [3.63, 3.8) is 0 Å². The topological polar surface area (TPSA) is 82.2 Å². The van der Waals surface area contributed by atoms with E-state index < -0.39 is 15.9 Å². The largest absolute Gasteiger partial charge is 0.366 e. The number of hydrogen-bond donors (Lipinski definition) is 1. The third kappa shape index (κ3) is 2.53. The fourth-order valence-corrected chi connectivity index (χ4v) is 4.70. The van der Waals surface area contributed by atoms with Crippen LogP contribution in [0.3, 0.4) is 0 Å². The van der Waals surface area contributed by atoms with Gasteiger partial charge in [-0.15, -0.1) is 0 Å². The summed E-state index contributed by atoms with van der Waals surface area (Å²) in [5.74, 6) is -0.675. The maximum atomic E-state index is 13.1. The lowest BCUT2D eigenvalue weighted by molar-refractivity contribution is 0.100. The molecule has 0 radical (unpaired) electrons. The highest BCUT2D eigenvalue weighted by Crippen LogP contribution is 2.32. The lowest BCUT2D eigenvalue weighted by Gasteiger charge is -2.12. The van der Waals surface area contributed by atoms with E-state index in [1.807, 2.05) is 6.92 Å². The van der Waals surface area contributed by atoms with E-state index in [2.05, 4.69) is 15.9 Å². The molecule has 2 N–H and O–H groups in total. The zero-order valence-corrected chi connectivity index (χ0v) is 15.5. The monoisotopic (exact) mass is 406 g/mol. The molecule has 0 saturated heterocycles. The summed E-state index contributed by atoms with van der Waals surface area (Å²) in [5, 5.41) is 0.625. The molecule has 0 unspecified atom stereocenters. The summed E-state index contributed by atoms with van der Waals surface area (Å²) in [6, 6.07) is 11.5. The number of halogens is 1. The van der Waals surface area contributed by atoms with Crippen molar-refractivity contribution < 1.29 is 13.2 Å². The minimum absolute atomic E-state index is 0.157. The van der Waals surface area contributed by atoms with Gasteiger partial charge in [0.2, 0.25) is 0 Å². The quantitative estimate of drug-likeness (QED) is 0.723. The first kappa shape index (κ1) is 16.7. The number of hydrogen-bond acceptors (Lipinski definition) is 3. The number of carbonyl (C=O) groups excluding carboxylic acids is 1. The van der Waals surface area contributed by atoms with Crippen LogP contribution in [0.15, 0.2) is 51.8 Å². The van der Waals surface area contributed by atoms with E-state index in [1.165, 1.54) is 10.0 Å². The maximum Gasteiger partial charge on any atom is 0.268 e. The molecule has 5 nitrogen and oxygen atoms in total. The van der Waals surface area contributed by atoms with Crippen LogP contribution in [-0.4, -0.2) is 18.3 Å². The highest BCUT2D eigenvalue weighted by atomic mass is 79.9. The number of rotatable bonds is 3. The second kappa shape index (κ2) is 5.75. The molecule has 7 heteroatoms. The van der Waals surface area contributed by atoms with Crippen molar-refractivity contribution in [2.75, 3.05) is 0 Å². The van der Waals surface area contributed by atoms with Gasteiger partial charge in [0.15, 0.2) is 0 Å². The lowest BCUT2D eigenvalue weighted by atomic mass is 10.1. The molecule has 1 heterocycles. The Hall–Kier alpha value is -2.12. The van der Waals surface area contributed by atoms with Crippen LogP contribution in [0, 0.1) is 13.8 Å². The average Bonchev–Trinajstić information content (AvgIpc) is 2.86. The number of fused-ring (bicyclic) bond motifs is 1. The number of nitrogens with two attached hydrogens (primary N) is 1. The summed E-state index contributed by atoms with van der Waals surface area (Å²) in [7, 11) is -3.85. The van der Waals surface area contributed by atoms with Gasteiger partial charge in [0.1, 0.15) is 0 Å². The third-order valence-corrected chi connectivity index (χ3v) is 6.38. The zero-order chi connectivity index (χ0) is 17.6. The van der Waals surface area contributed by atoms with E-state index in [9.17, 15) is 13.2 Å². The Morgan fingerprint density at radius 2 is 1.71 bits per heavy atom. The molecule has 24 heavy (non-hydrogen) atoms. The molecule has 0 aliphatic heterocycles. The molecule has 3 rings (SSSR count). The minimum atomic E-state index is -3.85. The lowest BCUT2D eigenvalue weighted by Crippen LogP contribution is -2.18. The number of aryl methyl sites for hydroxylation is 2. The Morgan fingerprint density at radius 3 is 2.29 bits per heavy atom. The van der Waals surface area contributed by atoms with E-state index in [1.54, 1.807) is 43.3 Å². The summed E-state index contributed by atoms with van der Waals surface area (Å²) in [5.41, 5.74) is 7.36. The van der Waals surface area contributed by atoms with E-state index in [-0.39, 0.29) is 16.0 Å². The smallest absolute Gasteiger partial charge is 0.268 e. The summed E-state index contributed by atoms with van der Waals surface area (Å²) < 4.78 is 28.1. The molecular weight excluding hydrogens is 392 g/mol. The second-order valence-corrected chi connectivity index (χ2v) is 8.23. The van der Waals surface area contributed by atoms with Crippen LogP contribution >= 0.6 is 15.9 Å². The van der Waals surface area contributed by atoms with E-state index in [0.717, 1.165) is 5.56 Å². The molecule has 124 valence electrons. The number of aromatic nitrogens is 1. The Bertz CT molecular complexity index is 1070. The van der Waals surface area contributed by atoms with Gasteiger partial charge >= 0.3 is 0 Å². The summed E-state index contributed by atoms with van der Waals surface area (Å²) >= 11 is 3.40. The Morgan fingerprint density at radius 1 is 1.08 bits per heavy atom. The Kier molecular flexibility index (Phi) is 4.01. The molecule has 0 fully saturated rings.